The monoisotopic (exact) mass is 281 g/mol. The highest BCUT2D eigenvalue weighted by Crippen LogP contribution is 2.30. The molecule has 0 bridgehead atoms. The standard InChI is InChI=1S/C12H24ClNO2S/c1-10(2)9-17(15,16)14-8-12-6-4-3-5-11(12)7-13/h10-12,14H,3-9H2,1-2H3. The van der Waals surface area contributed by atoms with Gasteiger partial charge in [0.05, 0.1) is 5.75 Å². The third kappa shape index (κ3) is 5.58. The molecule has 0 aromatic carbocycles. The molecular formula is C12H24ClNO2S. The lowest BCUT2D eigenvalue weighted by atomic mass is 9.80. The van der Waals surface area contributed by atoms with E-state index in [1.54, 1.807) is 0 Å². The molecule has 3 nitrogen and oxygen atoms in total. The van der Waals surface area contributed by atoms with Crippen molar-refractivity contribution in [3.05, 3.63) is 0 Å². The summed E-state index contributed by atoms with van der Waals surface area (Å²) in [5, 5.41) is 0. The summed E-state index contributed by atoms with van der Waals surface area (Å²) >= 11 is 5.93. The van der Waals surface area contributed by atoms with Crippen molar-refractivity contribution in [1.82, 2.24) is 4.72 Å². The Kier molecular flexibility index (Phi) is 6.24. The van der Waals surface area contributed by atoms with E-state index in [4.69, 9.17) is 11.6 Å². The predicted octanol–water partition coefficient (Wildman–Crippen LogP) is 2.61. The molecule has 1 aliphatic rings. The Morgan fingerprint density at radius 3 is 2.35 bits per heavy atom. The van der Waals surface area contributed by atoms with Crippen LogP contribution >= 0.6 is 11.6 Å². The third-order valence-corrected chi connectivity index (χ3v) is 5.49. The molecule has 0 heterocycles. The van der Waals surface area contributed by atoms with E-state index in [1.807, 2.05) is 13.8 Å². The fourth-order valence-corrected chi connectivity index (χ4v) is 4.36. The van der Waals surface area contributed by atoms with Gasteiger partial charge in [-0.1, -0.05) is 26.7 Å². The maximum absolute atomic E-state index is 11.7. The molecule has 0 radical (unpaired) electrons. The van der Waals surface area contributed by atoms with Crippen molar-refractivity contribution in [3.8, 4) is 0 Å². The molecule has 0 aliphatic heterocycles. The smallest absolute Gasteiger partial charge is 0.211 e. The first-order valence-electron chi connectivity index (χ1n) is 6.48. The molecule has 17 heavy (non-hydrogen) atoms. The molecule has 5 heteroatoms. The maximum Gasteiger partial charge on any atom is 0.211 e. The summed E-state index contributed by atoms with van der Waals surface area (Å²) < 4.78 is 26.2. The summed E-state index contributed by atoms with van der Waals surface area (Å²) in [7, 11) is -3.10. The van der Waals surface area contributed by atoms with Crippen LogP contribution in [0.4, 0.5) is 0 Å². The number of hydrogen-bond donors (Lipinski definition) is 1. The fourth-order valence-electron chi connectivity index (χ4n) is 2.49. The molecule has 0 saturated heterocycles. The van der Waals surface area contributed by atoms with Gasteiger partial charge in [-0.25, -0.2) is 13.1 Å². The Labute approximate surface area is 110 Å². The van der Waals surface area contributed by atoms with Crippen molar-refractivity contribution in [2.24, 2.45) is 17.8 Å². The van der Waals surface area contributed by atoms with Gasteiger partial charge in [-0.3, -0.25) is 0 Å². The second-order valence-electron chi connectivity index (χ2n) is 5.48. The third-order valence-electron chi connectivity index (χ3n) is 3.38. The van der Waals surface area contributed by atoms with Crippen molar-refractivity contribution in [1.29, 1.82) is 0 Å². The van der Waals surface area contributed by atoms with E-state index >= 15 is 0 Å². The summed E-state index contributed by atoms with van der Waals surface area (Å²) in [6.07, 6.45) is 4.66. The molecule has 2 atom stereocenters. The Morgan fingerprint density at radius 1 is 1.24 bits per heavy atom. The first-order valence-corrected chi connectivity index (χ1v) is 8.66. The van der Waals surface area contributed by atoms with Gasteiger partial charge in [0.2, 0.25) is 10.0 Å². The number of hydrogen-bond acceptors (Lipinski definition) is 2. The average molecular weight is 282 g/mol. The molecule has 1 N–H and O–H groups in total. The number of sulfonamides is 1. The van der Waals surface area contributed by atoms with Crippen LogP contribution in [-0.2, 0) is 10.0 Å². The van der Waals surface area contributed by atoms with Gasteiger partial charge in [-0.15, -0.1) is 11.6 Å². The molecule has 1 fully saturated rings. The zero-order valence-corrected chi connectivity index (χ0v) is 12.4. The molecule has 1 saturated carbocycles. The Morgan fingerprint density at radius 2 is 1.82 bits per heavy atom. The SMILES string of the molecule is CC(C)CS(=O)(=O)NCC1CCCCC1CCl. The fraction of sp³-hybridized carbons (Fsp3) is 1.00. The van der Waals surface area contributed by atoms with Crippen molar-refractivity contribution in [3.63, 3.8) is 0 Å². The number of nitrogens with one attached hydrogen (secondary N) is 1. The molecule has 0 aromatic heterocycles. The van der Waals surface area contributed by atoms with Gasteiger partial charge >= 0.3 is 0 Å². The summed E-state index contributed by atoms with van der Waals surface area (Å²) in [6.45, 7) is 4.40. The molecule has 1 rings (SSSR count). The molecule has 2 unspecified atom stereocenters. The number of rotatable bonds is 6. The van der Waals surface area contributed by atoms with Gasteiger partial charge in [0.1, 0.15) is 0 Å². The van der Waals surface area contributed by atoms with E-state index in [0.717, 1.165) is 12.8 Å². The van der Waals surface area contributed by atoms with Crippen LogP contribution in [0.15, 0.2) is 0 Å². The second kappa shape index (κ2) is 6.95. The van der Waals surface area contributed by atoms with Gasteiger partial charge in [0.15, 0.2) is 0 Å². The highest BCUT2D eigenvalue weighted by molar-refractivity contribution is 7.89. The van der Waals surface area contributed by atoms with E-state index in [9.17, 15) is 8.42 Å². The Bertz CT molecular complexity index is 316. The van der Waals surface area contributed by atoms with Crippen LogP contribution in [0, 0.1) is 17.8 Å². The van der Waals surface area contributed by atoms with Crippen LogP contribution in [0.3, 0.4) is 0 Å². The second-order valence-corrected chi connectivity index (χ2v) is 7.64. The van der Waals surface area contributed by atoms with Crippen molar-refractivity contribution in [2.45, 2.75) is 39.5 Å². The molecule has 102 valence electrons. The van der Waals surface area contributed by atoms with Crippen LogP contribution in [-0.4, -0.2) is 26.6 Å². The summed E-state index contributed by atoms with van der Waals surface area (Å²) in [5.74, 6) is 1.93. The molecule has 0 spiro atoms. The zero-order valence-electron chi connectivity index (χ0n) is 10.8. The van der Waals surface area contributed by atoms with Crippen molar-refractivity contribution in [2.75, 3.05) is 18.2 Å². The minimum Gasteiger partial charge on any atom is -0.215 e. The normalized spacial score (nSPS) is 26.4. The molecule has 1 aliphatic carbocycles. The van der Waals surface area contributed by atoms with E-state index in [1.165, 1.54) is 12.8 Å². The van der Waals surface area contributed by atoms with Crippen LogP contribution in [0.2, 0.25) is 0 Å². The highest BCUT2D eigenvalue weighted by Gasteiger charge is 2.25. The van der Waals surface area contributed by atoms with Crippen molar-refractivity contribution < 1.29 is 8.42 Å². The minimum absolute atomic E-state index is 0.169. The van der Waals surface area contributed by atoms with Crippen LogP contribution in [0.1, 0.15) is 39.5 Å². The Hall–Kier alpha value is 0.200. The summed E-state index contributed by atoms with van der Waals surface area (Å²) in [5.41, 5.74) is 0. The lowest BCUT2D eigenvalue weighted by Crippen LogP contribution is -2.36. The predicted molar refractivity (Wildman–Crippen MR) is 72.8 cm³/mol. The van der Waals surface area contributed by atoms with Crippen LogP contribution in [0.5, 0.6) is 0 Å². The van der Waals surface area contributed by atoms with Crippen LogP contribution in [0.25, 0.3) is 0 Å². The molecule has 0 amide bonds. The minimum atomic E-state index is -3.10. The molecular weight excluding hydrogens is 258 g/mol. The van der Waals surface area contributed by atoms with E-state index in [2.05, 4.69) is 4.72 Å². The summed E-state index contributed by atoms with van der Waals surface area (Å²) in [6, 6.07) is 0. The first-order chi connectivity index (χ1) is 7.94. The molecule has 0 aromatic rings. The number of alkyl halides is 1. The van der Waals surface area contributed by atoms with Crippen molar-refractivity contribution >= 4 is 21.6 Å². The maximum atomic E-state index is 11.7. The lowest BCUT2D eigenvalue weighted by molar-refractivity contribution is 0.260. The largest absolute Gasteiger partial charge is 0.215 e. The quantitative estimate of drug-likeness (QED) is 0.761. The summed E-state index contributed by atoms with van der Waals surface area (Å²) in [4.78, 5) is 0. The van der Waals surface area contributed by atoms with Gasteiger partial charge in [-0.2, -0.15) is 0 Å². The van der Waals surface area contributed by atoms with Gasteiger partial charge in [0.25, 0.3) is 0 Å². The lowest BCUT2D eigenvalue weighted by Gasteiger charge is -2.30. The number of halogens is 1. The van der Waals surface area contributed by atoms with Gasteiger partial charge < -0.3 is 0 Å². The van der Waals surface area contributed by atoms with Crippen LogP contribution < -0.4 is 4.72 Å². The topological polar surface area (TPSA) is 46.2 Å². The van der Waals surface area contributed by atoms with E-state index in [0.29, 0.717) is 24.3 Å². The van der Waals surface area contributed by atoms with Gasteiger partial charge in [-0.05, 0) is 30.6 Å². The van der Waals surface area contributed by atoms with Gasteiger partial charge in [0, 0.05) is 12.4 Å². The Balaban J connectivity index is 2.43. The van der Waals surface area contributed by atoms with E-state index < -0.39 is 10.0 Å². The van der Waals surface area contributed by atoms with E-state index in [-0.39, 0.29) is 11.7 Å². The zero-order chi connectivity index (χ0) is 12.9. The highest BCUT2D eigenvalue weighted by atomic mass is 35.5. The average Bonchev–Trinajstić information content (AvgIpc) is 2.25. The first kappa shape index (κ1) is 15.3.